The summed E-state index contributed by atoms with van der Waals surface area (Å²) in [5, 5.41) is 14.7. The second-order valence-corrected chi connectivity index (χ2v) is 4.71. The number of hydrogen-bond acceptors (Lipinski definition) is 3. The van der Waals surface area contributed by atoms with E-state index in [1.165, 1.54) is 0 Å². The van der Waals surface area contributed by atoms with E-state index in [1.807, 2.05) is 35.9 Å². The molecule has 0 radical (unpaired) electrons. The molecular formula is C14H19N3O2. The van der Waals surface area contributed by atoms with Gasteiger partial charge in [0.25, 0.3) is 0 Å². The fourth-order valence-electron chi connectivity index (χ4n) is 2.12. The summed E-state index contributed by atoms with van der Waals surface area (Å²) in [5.41, 5.74) is 2.02. The molecule has 1 heterocycles. The van der Waals surface area contributed by atoms with Crippen LogP contribution in [0.1, 0.15) is 19.5 Å². The van der Waals surface area contributed by atoms with Crippen molar-refractivity contribution in [1.82, 2.24) is 14.7 Å². The fourth-order valence-corrected chi connectivity index (χ4v) is 2.12. The van der Waals surface area contributed by atoms with Gasteiger partial charge in [0.1, 0.15) is 6.04 Å². The largest absolute Gasteiger partial charge is 0.480 e. The van der Waals surface area contributed by atoms with Gasteiger partial charge < -0.3 is 5.11 Å². The summed E-state index contributed by atoms with van der Waals surface area (Å²) < 4.78 is 1.95. The van der Waals surface area contributed by atoms with E-state index in [4.69, 9.17) is 5.11 Å². The summed E-state index contributed by atoms with van der Waals surface area (Å²) in [5.74, 6) is -0.818. The van der Waals surface area contributed by atoms with Crippen LogP contribution in [-0.2, 0) is 17.9 Å². The van der Waals surface area contributed by atoms with Gasteiger partial charge in [-0.1, -0.05) is 18.2 Å². The van der Waals surface area contributed by atoms with Gasteiger partial charge in [0.15, 0.2) is 0 Å². The SMILES string of the molecule is CCn1nc(CN(C)C(C)C(=O)O)c2ccccc21. The number of likely N-dealkylation sites (N-methyl/N-ethyl adjacent to an activating group) is 1. The molecular weight excluding hydrogens is 242 g/mol. The molecule has 0 aliphatic rings. The van der Waals surface area contributed by atoms with Crippen LogP contribution >= 0.6 is 0 Å². The average molecular weight is 261 g/mol. The molecule has 0 aliphatic heterocycles. The Kier molecular flexibility index (Phi) is 3.85. The van der Waals surface area contributed by atoms with E-state index in [-0.39, 0.29) is 0 Å². The zero-order chi connectivity index (χ0) is 14.0. The predicted molar refractivity (Wildman–Crippen MR) is 74.0 cm³/mol. The highest BCUT2D eigenvalue weighted by atomic mass is 16.4. The molecule has 0 aliphatic carbocycles. The third-order valence-corrected chi connectivity index (χ3v) is 3.45. The van der Waals surface area contributed by atoms with Crippen LogP contribution in [0.4, 0.5) is 0 Å². The second-order valence-electron chi connectivity index (χ2n) is 4.71. The number of benzene rings is 1. The zero-order valence-corrected chi connectivity index (χ0v) is 11.5. The average Bonchev–Trinajstić information content (AvgIpc) is 2.76. The minimum Gasteiger partial charge on any atom is -0.480 e. The first kappa shape index (κ1) is 13.5. The van der Waals surface area contributed by atoms with Crippen LogP contribution in [0.2, 0.25) is 0 Å². The molecule has 1 atom stereocenters. The van der Waals surface area contributed by atoms with Gasteiger partial charge in [-0.15, -0.1) is 0 Å². The maximum atomic E-state index is 11.0. The Hall–Kier alpha value is -1.88. The Bertz CT molecular complexity index is 591. The molecule has 0 spiro atoms. The Balaban J connectivity index is 2.33. The lowest BCUT2D eigenvalue weighted by Crippen LogP contribution is -2.35. The van der Waals surface area contributed by atoms with Crippen molar-refractivity contribution >= 4 is 16.9 Å². The molecule has 19 heavy (non-hydrogen) atoms. The van der Waals surface area contributed by atoms with E-state index in [0.717, 1.165) is 23.1 Å². The van der Waals surface area contributed by atoms with Crippen LogP contribution in [0.15, 0.2) is 24.3 Å². The van der Waals surface area contributed by atoms with E-state index in [0.29, 0.717) is 6.54 Å². The van der Waals surface area contributed by atoms with Crippen LogP contribution < -0.4 is 0 Å². The van der Waals surface area contributed by atoms with Gasteiger partial charge in [0.2, 0.25) is 0 Å². The Morgan fingerprint density at radius 3 is 2.79 bits per heavy atom. The monoisotopic (exact) mass is 261 g/mol. The van der Waals surface area contributed by atoms with Crippen LogP contribution in [0.5, 0.6) is 0 Å². The topological polar surface area (TPSA) is 58.4 Å². The maximum Gasteiger partial charge on any atom is 0.320 e. The van der Waals surface area contributed by atoms with Crippen molar-refractivity contribution in [1.29, 1.82) is 0 Å². The van der Waals surface area contributed by atoms with E-state index in [9.17, 15) is 4.79 Å². The molecule has 1 N–H and O–H groups in total. The summed E-state index contributed by atoms with van der Waals surface area (Å²) in [6.45, 7) is 5.06. The number of aliphatic carboxylic acids is 1. The summed E-state index contributed by atoms with van der Waals surface area (Å²) in [4.78, 5) is 12.8. The highest BCUT2D eigenvalue weighted by molar-refractivity contribution is 5.82. The molecule has 2 rings (SSSR count). The molecule has 5 heteroatoms. The minimum absolute atomic E-state index is 0.523. The number of rotatable bonds is 5. The van der Waals surface area contributed by atoms with E-state index >= 15 is 0 Å². The van der Waals surface area contributed by atoms with Crippen molar-refractivity contribution in [2.24, 2.45) is 0 Å². The normalized spacial score (nSPS) is 13.1. The van der Waals surface area contributed by atoms with Gasteiger partial charge in [-0.3, -0.25) is 14.4 Å². The first-order valence-corrected chi connectivity index (χ1v) is 6.42. The number of para-hydroxylation sites is 1. The number of aryl methyl sites for hydroxylation is 1. The number of fused-ring (bicyclic) bond motifs is 1. The molecule has 1 aromatic heterocycles. The van der Waals surface area contributed by atoms with Crippen molar-refractivity contribution in [3.63, 3.8) is 0 Å². The standard InChI is InChI=1S/C14H19N3O2/c1-4-17-13-8-6-5-7-11(13)12(15-17)9-16(3)10(2)14(18)19/h5-8,10H,4,9H2,1-3H3,(H,18,19). The summed E-state index contributed by atoms with van der Waals surface area (Å²) in [6.07, 6.45) is 0. The van der Waals surface area contributed by atoms with Gasteiger partial charge in [-0.05, 0) is 27.0 Å². The fraction of sp³-hybridized carbons (Fsp3) is 0.429. The molecule has 0 saturated heterocycles. The van der Waals surface area contributed by atoms with Gasteiger partial charge in [0, 0.05) is 18.5 Å². The lowest BCUT2D eigenvalue weighted by molar-refractivity contribution is -0.142. The van der Waals surface area contributed by atoms with E-state index in [2.05, 4.69) is 5.10 Å². The highest BCUT2D eigenvalue weighted by Gasteiger charge is 2.19. The van der Waals surface area contributed by atoms with Gasteiger partial charge in [-0.25, -0.2) is 0 Å². The lowest BCUT2D eigenvalue weighted by Gasteiger charge is -2.19. The van der Waals surface area contributed by atoms with Crippen molar-refractivity contribution in [2.75, 3.05) is 7.05 Å². The number of carbonyl (C=O) groups is 1. The van der Waals surface area contributed by atoms with Crippen molar-refractivity contribution in [3.8, 4) is 0 Å². The maximum absolute atomic E-state index is 11.0. The molecule has 1 unspecified atom stereocenters. The lowest BCUT2D eigenvalue weighted by atomic mass is 10.2. The molecule has 102 valence electrons. The molecule has 0 amide bonds. The number of aromatic nitrogens is 2. The molecule has 0 fully saturated rings. The molecule has 2 aromatic rings. The van der Waals surface area contributed by atoms with Crippen LogP contribution in [0.25, 0.3) is 10.9 Å². The molecule has 0 bridgehead atoms. The van der Waals surface area contributed by atoms with E-state index < -0.39 is 12.0 Å². The van der Waals surface area contributed by atoms with Crippen LogP contribution in [-0.4, -0.2) is 38.8 Å². The second kappa shape index (κ2) is 5.40. The van der Waals surface area contributed by atoms with Crippen molar-refractivity contribution in [3.05, 3.63) is 30.0 Å². The van der Waals surface area contributed by atoms with Crippen molar-refractivity contribution in [2.45, 2.75) is 33.0 Å². The zero-order valence-electron chi connectivity index (χ0n) is 11.5. The Morgan fingerprint density at radius 1 is 1.47 bits per heavy atom. The third kappa shape index (κ3) is 2.61. The number of nitrogens with zero attached hydrogens (tertiary/aromatic N) is 3. The predicted octanol–water partition coefficient (Wildman–Crippen LogP) is 1.96. The van der Waals surface area contributed by atoms with Gasteiger partial charge in [-0.2, -0.15) is 5.10 Å². The summed E-state index contributed by atoms with van der Waals surface area (Å²) in [6, 6.07) is 7.52. The Labute approximate surface area is 112 Å². The molecule has 1 aromatic carbocycles. The van der Waals surface area contributed by atoms with Crippen molar-refractivity contribution < 1.29 is 9.90 Å². The summed E-state index contributed by atoms with van der Waals surface area (Å²) >= 11 is 0. The minimum atomic E-state index is -0.818. The third-order valence-electron chi connectivity index (χ3n) is 3.45. The number of carboxylic acids is 1. The van der Waals surface area contributed by atoms with Gasteiger partial charge in [0.05, 0.1) is 11.2 Å². The first-order valence-electron chi connectivity index (χ1n) is 6.42. The highest BCUT2D eigenvalue weighted by Crippen LogP contribution is 2.20. The molecule has 0 saturated carbocycles. The Morgan fingerprint density at radius 2 is 2.16 bits per heavy atom. The van der Waals surface area contributed by atoms with Gasteiger partial charge >= 0.3 is 5.97 Å². The molecule has 5 nitrogen and oxygen atoms in total. The summed E-state index contributed by atoms with van der Waals surface area (Å²) in [7, 11) is 1.80. The smallest absolute Gasteiger partial charge is 0.320 e. The number of hydrogen-bond donors (Lipinski definition) is 1. The quantitative estimate of drug-likeness (QED) is 0.894. The van der Waals surface area contributed by atoms with Crippen LogP contribution in [0.3, 0.4) is 0 Å². The number of carboxylic acid groups (broad SMARTS) is 1. The van der Waals surface area contributed by atoms with E-state index in [1.54, 1.807) is 18.9 Å². The van der Waals surface area contributed by atoms with Crippen LogP contribution in [0, 0.1) is 0 Å². The first-order chi connectivity index (χ1) is 9.04.